The summed E-state index contributed by atoms with van der Waals surface area (Å²) in [6.07, 6.45) is 1.59. The highest BCUT2D eigenvalue weighted by Crippen LogP contribution is 2.26. The normalized spacial score (nSPS) is 10.9. The summed E-state index contributed by atoms with van der Waals surface area (Å²) in [5.74, 6) is -0.325. The van der Waals surface area contributed by atoms with Crippen molar-refractivity contribution in [3.63, 3.8) is 0 Å². The van der Waals surface area contributed by atoms with Gasteiger partial charge < -0.3 is 5.32 Å². The summed E-state index contributed by atoms with van der Waals surface area (Å²) >= 11 is 1.63. The minimum absolute atomic E-state index is 0.226. The van der Waals surface area contributed by atoms with Gasteiger partial charge in [-0.1, -0.05) is 5.21 Å². The van der Waals surface area contributed by atoms with E-state index in [0.29, 0.717) is 5.69 Å². The number of pyridine rings is 1. The van der Waals surface area contributed by atoms with Gasteiger partial charge in [0.1, 0.15) is 5.69 Å². The average Bonchev–Trinajstić information content (AvgIpc) is 3.36. The van der Waals surface area contributed by atoms with Crippen LogP contribution in [0.25, 0.3) is 16.3 Å². The zero-order valence-electron chi connectivity index (χ0n) is 16.2. The van der Waals surface area contributed by atoms with E-state index >= 15 is 0 Å². The molecule has 8 nitrogen and oxygen atoms in total. The molecular weight excluding hydrogens is 386 g/mol. The van der Waals surface area contributed by atoms with Gasteiger partial charge in [-0.25, -0.2) is 4.68 Å². The Hall–Kier alpha value is -3.46. The fraction of sp³-hybridized carbons (Fsp3) is 0.200. The van der Waals surface area contributed by atoms with Crippen LogP contribution in [0.15, 0.2) is 41.9 Å². The molecule has 1 amide bonds. The van der Waals surface area contributed by atoms with Crippen molar-refractivity contribution in [3.8, 4) is 16.3 Å². The number of carbonyl (C=O) groups excluding carboxylic acids is 1. The van der Waals surface area contributed by atoms with Crippen molar-refractivity contribution in [1.82, 2.24) is 35.5 Å². The van der Waals surface area contributed by atoms with Crippen LogP contribution in [0.2, 0.25) is 0 Å². The Morgan fingerprint density at radius 1 is 1.07 bits per heavy atom. The third-order valence-corrected chi connectivity index (χ3v) is 5.45. The highest BCUT2D eigenvalue weighted by molar-refractivity contribution is 7.13. The fourth-order valence-electron chi connectivity index (χ4n) is 2.88. The number of thiophene rings is 1. The van der Waals surface area contributed by atoms with E-state index in [1.165, 1.54) is 5.56 Å². The number of hydrogen-bond acceptors (Lipinski definition) is 7. The molecule has 4 heterocycles. The Bertz CT molecular complexity index is 1160. The fourth-order valence-corrected chi connectivity index (χ4v) is 3.77. The second kappa shape index (κ2) is 7.88. The Morgan fingerprint density at radius 2 is 1.93 bits per heavy atom. The zero-order valence-corrected chi connectivity index (χ0v) is 17.1. The molecule has 0 aliphatic rings. The molecule has 4 rings (SSSR count). The Morgan fingerprint density at radius 3 is 2.62 bits per heavy atom. The van der Waals surface area contributed by atoms with Gasteiger partial charge in [-0.3, -0.25) is 9.78 Å². The van der Waals surface area contributed by atoms with E-state index in [-0.39, 0.29) is 18.1 Å². The quantitative estimate of drug-likeness (QED) is 0.548. The molecule has 0 saturated carbocycles. The summed E-state index contributed by atoms with van der Waals surface area (Å²) in [5.41, 5.74) is 5.42. The van der Waals surface area contributed by atoms with Crippen molar-refractivity contribution in [1.29, 1.82) is 0 Å². The first-order valence-electron chi connectivity index (χ1n) is 9.03. The van der Waals surface area contributed by atoms with Crippen molar-refractivity contribution in [2.45, 2.75) is 27.3 Å². The first kappa shape index (κ1) is 18.9. The van der Waals surface area contributed by atoms with Crippen molar-refractivity contribution < 1.29 is 4.79 Å². The predicted octanol–water partition coefficient (Wildman–Crippen LogP) is 3.04. The lowest BCUT2D eigenvalue weighted by Crippen LogP contribution is -2.23. The molecule has 4 aromatic heterocycles. The molecule has 0 spiro atoms. The maximum absolute atomic E-state index is 12.4. The van der Waals surface area contributed by atoms with Crippen LogP contribution in [0.5, 0.6) is 0 Å². The maximum atomic E-state index is 12.4. The second-order valence-corrected chi connectivity index (χ2v) is 7.55. The van der Waals surface area contributed by atoms with E-state index in [1.54, 1.807) is 22.2 Å². The predicted molar refractivity (Wildman–Crippen MR) is 110 cm³/mol. The number of aryl methyl sites for hydroxylation is 3. The molecule has 0 aromatic carbocycles. The standard InChI is InChI=1S/C20H19N7OS/c1-12-8-9-29-19(12)16-6-5-15(23-24-16)10-21-20(28)17-11-27(26-25-17)18-7-4-13(2)22-14(18)3/h4-9,11H,10H2,1-3H3,(H,21,28). The van der Waals surface area contributed by atoms with Crippen LogP contribution >= 0.6 is 11.3 Å². The van der Waals surface area contributed by atoms with Crippen LogP contribution in [-0.2, 0) is 6.54 Å². The minimum atomic E-state index is -0.325. The number of rotatable bonds is 5. The van der Waals surface area contributed by atoms with Crippen LogP contribution in [0.3, 0.4) is 0 Å². The molecule has 0 bridgehead atoms. The molecule has 0 fully saturated rings. The summed E-state index contributed by atoms with van der Waals surface area (Å²) in [4.78, 5) is 17.9. The highest BCUT2D eigenvalue weighted by atomic mass is 32.1. The van der Waals surface area contributed by atoms with Crippen LogP contribution in [-0.4, -0.2) is 36.1 Å². The van der Waals surface area contributed by atoms with Crippen molar-refractivity contribution >= 4 is 17.2 Å². The van der Waals surface area contributed by atoms with Gasteiger partial charge in [0, 0.05) is 5.69 Å². The van der Waals surface area contributed by atoms with Gasteiger partial charge in [0.05, 0.1) is 34.7 Å². The second-order valence-electron chi connectivity index (χ2n) is 6.63. The summed E-state index contributed by atoms with van der Waals surface area (Å²) in [6, 6.07) is 9.62. The number of amides is 1. The molecular formula is C20H19N7OS. The molecule has 146 valence electrons. The van der Waals surface area contributed by atoms with Crippen LogP contribution in [0.4, 0.5) is 0 Å². The molecule has 9 heteroatoms. The van der Waals surface area contributed by atoms with Gasteiger partial charge in [0.15, 0.2) is 5.69 Å². The first-order chi connectivity index (χ1) is 14.0. The van der Waals surface area contributed by atoms with Crippen molar-refractivity contribution in [2.75, 3.05) is 0 Å². The van der Waals surface area contributed by atoms with Gasteiger partial charge in [-0.2, -0.15) is 5.10 Å². The highest BCUT2D eigenvalue weighted by Gasteiger charge is 2.13. The Kier molecular flexibility index (Phi) is 5.13. The lowest BCUT2D eigenvalue weighted by Gasteiger charge is -2.04. The Balaban J connectivity index is 1.41. The van der Waals surface area contributed by atoms with Gasteiger partial charge >= 0.3 is 0 Å². The SMILES string of the molecule is Cc1ccc(-n2cc(C(=O)NCc3ccc(-c4sccc4C)nn3)nn2)c(C)n1. The van der Waals surface area contributed by atoms with Crippen LogP contribution < -0.4 is 5.32 Å². The van der Waals surface area contributed by atoms with Gasteiger partial charge in [0.2, 0.25) is 0 Å². The zero-order chi connectivity index (χ0) is 20.4. The number of aromatic nitrogens is 6. The van der Waals surface area contributed by atoms with E-state index < -0.39 is 0 Å². The van der Waals surface area contributed by atoms with Crippen molar-refractivity contribution in [2.24, 2.45) is 0 Å². The molecule has 29 heavy (non-hydrogen) atoms. The largest absolute Gasteiger partial charge is 0.345 e. The van der Waals surface area contributed by atoms with E-state index in [1.807, 2.05) is 50.4 Å². The third-order valence-electron chi connectivity index (χ3n) is 4.41. The van der Waals surface area contributed by atoms with Crippen molar-refractivity contribution in [3.05, 3.63) is 70.2 Å². The maximum Gasteiger partial charge on any atom is 0.273 e. The summed E-state index contributed by atoms with van der Waals surface area (Å²) in [7, 11) is 0. The number of carbonyl (C=O) groups is 1. The van der Waals surface area contributed by atoms with E-state index in [2.05, 4.69) is 36.9 Å². The monoisotopic (exact) mass is 405 g/mol. The van der Waals surface area contributed by atoms with E-state index in [0.717, 1.165) is 27.6 Å². The molecule has 1 N–H and O–H groups in total. The molecule has 0 atom stereocenters. The summed E-state index contributed by atoms with van der Waals surface area (Å²) in [5, 5.41) is 21.3. The molecule has 0 saturated heterocycles. The molecule has 0 radical (unpaired) electrons. The number of nitrogens with one attached hydrogen (secondary N) is 1. The molecule has 0 aliphatic heterocycles. The first-order valence-corrected chi connectivity index (χ1v) is 9.91. The number of nitrogens with zero attached hydrogens (tertiary/aromatic N) is 6. The van der Waals surface area contributed by atoms with Gasteiger partial charge in [0.25, 0.3) is 5.91 Å². The molecule has 4 aromatic rings. The molecule has 0 unspecified atom stereocenters. The minimum Gasteiger partial charge on any atom is -0.345 e. The van der Waals surface area contributed by atoms with Gasteiger partial charge in [-0.15, -0.1) is 21.5 Å². The van der Waals surface area contributed by atoms with E-state index in [9.17, 15) is 4.79 Å². The van der Waals surface area contributed by atoms with Crippen LogP contribution in [0, 0.1) is 20.8 Å². The lowest BCUT2D eigenvalue weighted by atomic mass is 10.2. The summed E-state index contributed by atoms with van der Waals surface area (Å²) in [6.45, 7) is 6.12. The molecule has 0 aliphatic carbocycles. The smallest absolute Gasteiger partial charge is 0.273 e. The third kappa shape index (κ3) is 4.04. The van der Waals surface area contributed by atoms with E-state index in [4.69, 9.17) is 0 Å². The topological polar surface area (TPSA) is 98.5 Å². The average molecular weight is 405 g/mol. The lowest BCUT2D eigenvalue weighted by molar-refractivity contribution is 0.0945. The number of hydrogen-bond donors (Lipinski definition) is 1. The Labute approximate surface area is 171 Å². The van der Waals surface area contributed by atoms with Crippen LogP contribution in [0.1, 0.15) is 33.1 Å². The summed E-state index contributed by atoms with van der Waals surface area (Å²) < 4.78 is 1.55. The van der Waals surface area contributed by atoms with Gasteiger partial charge in [-0.05, 0) is 62.0 Å².